The predicted octanol–water partition coefficient (Wildman–Crippen LogP) is 10.7. The van der Waals surface area contributed by atoms with Crippen LogP contribution >= 0.6 is 0 Å². The zero-order valence-corrected chi connectivity index (χ0v) is 24.9. The van der Waals surface area contributed by atoms with E-state index < -0.39 is 0 Å². The van der Waals surface area contributed by atoms with E-state index in [1.165, 1.54) is 77.6 Å². The summed E-state index contributed by atoms with van der Waals surface area (Å²) in [6.45, 7) is 0. The molecule has 0 saturated carbocycles. The van der Waals surface area contributed by atoms with Crippen molar-refractivity contribution in [3.63, 3.8) is 0 Å². The van der Waals surface area contributed by atoms with Crippen molar-refractivity contribution in [3.8, 4) is 27.9 Å². The number of aromatic nitrogens is 1. The highest BCUT2D eigenvalue weighted by Gasteiger charge is 2.21. The summed E-state index contributed by atoms with van der Waals surface area (Å²) in [5.41, 5.74) is 22.3. The Balaban J connectivity index is 1.06. The number of nitrogens with zero attached hydrogens (tertiary/aromatic N) is 1. The minimum absolute atomic E-state index is 0.334. The van der Waals surface area contributed by atoms with Crippen LogP contribution in [0.1, 0.15) is 34.6 Å². The zero-order chi connectivity index (χ0) is 29.9. The van der Waals surface area contributed by atoms with Crippen LogP contribution in [-0.4, -0.2) is 4.57 Å². The van der Waals surface area contributed by atoms with Crippen LogP contribution in [0.2, 0.25) is 0 Å². The highest BCUT2D eigenvalue weighted by atomic mass is 15.0. The van der Waals surface area contributed by atoms with Crippen LogP contribution < -0.4 is 5.73 Å². The monoisotopic (exact) mass is 576 g/mol. The second kappa shape index (κ2) is 10.2. The van der Waals surface area contributed by atoms with E-state index in [9.17, 15) is 0 Å². The van der Waals surface area contributed by atoms with Crippen molar-refractivity contribution in [1.82, 2.24) is 4.57 Å². The summed E-state index contributed by atoms with van der Waals surface area (Å²) < 4.78 is 2.39. The van der Waals surface area contributed by atoms with Gasteiger partial charge < -0.3 is 10.3 Å². The lowest BCUT2D eigenvalue weighted by atomic mass is 9.86. The first-order valence-electron chi connectivity index (χ1n) is 15.8. The Bertz CT molecular complexity index is 2320. The lowest BCUT2D eigenvalue weighted by molar-refractivity contribution is 0.859. The van der Waals surface area contributed by atoms with Crippen molar-refractivity contribution in [3.05, 3.63) is 174 Å². The molecule has 0 aliphatic heterocycles. The van der Waals surface area contributed by atoms with Gasteiger partial charge in [-0.05, 0) is 111 Å². The van der Waals surface area contributed by atoms with Gasteiger partial charge in [-0.3, -0.25) is 0 Å². The molecule has 2 N–H and O–H groups in total. The Kier molecular flexibility index (Phi) is 5.89. The van der Waals surface area contributed by atoms with Gasteiger partial charge in [0, 0.05) is 28.1 Å². The predicted molar refractivity (Wildman–Crippen MR) is 190 cm³/mol. The summed E-state index contributed by atoms with van der Waals surface area (Å²) >= 11 is 0. The van der Waals surface area contributed by atoms with E-state index in [2.05, 4.69) is 144 Å². The van der Waals surface area contributed by atoms with Gasteiger partial charge in [-0.25, -0.2) is 0 Å². The summed E-state index contributed by atoms with van der Waals surface area (Å²) in [7, 11) is 0. The fraction of sp³-hybridized carbons (Fsp3) is 0.0698. The average molecular weight is 577 g/mol. The standard InChI is InChI=1S/C43H32N2/c44-36-19-15-28(16-20-36)32-13-14-34-25-35-24-31(17-21-38(35)40(34)26-32)29-7-6-8-30(23-29)33-18-22-43-41(27-33)39-11-4-5-12-42(39)45(43)37-9-2-1-3-10-37/h1-7,9-24,26-27,30H,8,25,44H2. The molecule has 0 amide bonds. The smallest absolute Gasteiger partial charge is 0.0541 e. The molecular formula is C43H32N2. The molecule has 0 saturated heterocycles. The second-order valence-corrected chi connectivity index (χ2v) is 12.4. The third-order valence-corrected chi connectivity index (χ3v) is 9.67. The zero-order valence-electron chi connectivity index (χ0n) is 24.9. The van der Waals surface area contributed by atoms with E-state index in [-0.39, 0.29) is 0 Å². The van der Waals surface area contributed by atoms with E-state index in [0.717, 1.165) is 18.5 Å². The van der Waals surface area contributed by atoms with E-state index >= 15 is 0 Å². The number of nitrogens with two attached hydrogens (primary N) is 1. The fourth-order valence-corrected chi connectivity index (χ4v) is 7.41. The second-order valence-electron chi connectivity index (χ2n) is 12.4. The van der Waals surface area contributed by atoms with Gasteiger partial charge in [0.1, 0.15) is 0 Å². The van der Waals surface area contributed by atoms with Crippen LogP contribution in [0.15, 0.2) is 152 Å². The normalized spacial score (nSPS) is 15.3. The molecule has 214 valence electrons. The third-order valence-electron chi connectivity index (χ3n) is 9.67. The number of fused-ring (bicyclic) bond motifs is 6. The Labute approximate surface area is 263 Å². The molecule has 0 spiro atoms. The molecule has 9 rings (SSSR count). The Hall–Kier alpha value is -5.60. The molecule has 2 aliphatic rings. The maximum Gasteiger partial charge on any atom is 0.0541 e. The maximum absolute atomic E-state index is 5.93. The van der Waals surface area contributed by atoms with Gasteiger partial charge in [-0.15, -0.1) is 0 Å². The minimum Gasteiger partial charge on any atom is -0.399 e. The fourth-order valence-electron chi connectivity index (χ4n) is 7.41. The van der Waals surface area contributed by atoms with Crippen molar-refractivity contribution < 1.29 is 0 Å². The number of rotatable bonds is 4. The number of hydrogen-bond acceptors (Lipinski definition) is 1. The van der Waals surface area contributed by atoms with Crippen molar-refractivity contribution in [2.45, 2.75) is 18.8 Å². The number of hydrogen-bond donors (Lipinski definition) is 1. The van der Waals surface area contributed by atoms with E-state index in [0.29, 0.717) is 5.92 Å². The van der Waals surface area contributed by atoms with Crippen LogP contribution in [0.4, 0.5) is 5.69 Å². The maximum atomic E-state index is 5.93. The summed E-state index contributed by atoms with van der Waals surface area (Å²) in [6, 6.07) is 48.6. The Morgan fingerprint density at radius 3 is 2.24 bits per heavy atom. The van der Waals surface area contributed by atoms with Crippen LogP contribution in [0.25, 0.3) is 55.3 Å². The van der Waals surface area contributed by atoms with E-state index in [4.69, 9.17) is 5.73 Å². The molecule has 0 fully saturated rings. The summed E-state index contributed by atoms with van der Waals surface area (Å²) in [5.74, 6) is 0.334. The van der Waals surface area contributed by atoms with Crippen molar-refractivity contribution in [2.24, 2.45) is 0 Å². The molecule has 6 aromatic carbocycles. The summed E-state index contributed by atoms with van der Waals surface area (Å²) in [6.07, 6.45) is 9.11. The topological polar surface area (TPSA) is 30.9 Å². The quantitative estimate of drug-likeness (QED) is 0.208. The highest BCUT2D eigenvalue weighted by Crippen LogP contribution is 2.42. The number of para-hydroxylation sites is 2. The van der Waals surface area contributed by atoms with Gasteiger partial charge in [0.15, 0.2) is 0 Å². The molecule has 2 nitrogen and oxygen atoms in total. The summed E-state index contributed by atoms with van der Waals surface area (Å²) in [4.78, 5) is 0. The molecule has 2 aliphatic carbocycles. The third kappa shape index (κ3) is 4.33. The number of anilines is 1. The lowest BCUT2D eigenvalue weighted by Crippen LogP contribution is -2.00. The minimum atomic E-state index is 0.334. The van der Waals surface area contributed by atoms with Gasteiger partial charge in [0.05, 0.1) is 11.0 Å². The van der Waals surface area contributed by atoms with Gasteiger partial charge >= 0.3 is 0 Å². The van der Waals surface area contributed by atoms with Gasteiger partial charge in [0.2, 0.25) is 0 Å². The van der Waals surface area contributed by atoms with Crippen molar-refractivity contribution >= 4 is 33.1 Å². The molecule has 1 heterocycles. The van der Waals surface area contributed by atoms with E-state index in [1.807, 2.05) is 12.1 Å². The van der Waals surface area contributed by atoms with Gasteiger partial charge in [-0.2, -0.15) is 0 Å². The molecule has 0 bridgehead atoms. The van der Waals surface area contributed by atoms with Crippen LogP contribution in [0, 0.1) is 0 Å². The molecular weight excluding hydrogens is 544 g/mol. The van der Waals surface area contributed by atoms with Crippen LogP contribution in [0.5, 0.6) is 0 Å². The molecule has 1 aromatic heterocycles. The Morgan fingerprint density at radius 2 is 1.36 bits per heavy atom. The van der Waals surface area contributed by atoms with Crippen LogP contribution in [-0.2, 0) is 6.42 Å². The molecule has 0 radical (unpaired) electrons. The van der Waals surface area contributed by atoms with Crippen molar-refractivity contribution in [2.75, 3.05) is 5.73 Å². The number of nitrogen functional groups attached to an aromatic ring is 1. The van der Waals surface area contributed by atoms with Gasteiger partial charge in [0.25, 0.3) is 0 Å². The van der Waals surface area contributed by atoms with Crippen LogP contribution in [0.3, 0.4) is 0 Å². The lowest BCUT2D eigenvalue weighted by Gasteiger charge is -2.18. The first-order valence-corrected chi connectivity index (χ1v) is 15.8. The largest absolute Gasteiger partial charge is 0.399 e. The van der Waals surface area contributed by atoms with E-state index in [1.54, 1.807) is 0 Å². The van der Waals surface area contributed by atoms with Crippen molar-refractivity contribution in [1.29, 1.82) is 0 Å². The molecule has 45 heavy (non-hydrogen) atoms. The summed E-state index contributed by atoms with van der Waals surface area (Å²) in [5, 5.41) is 2.61. The number of allylic oxidation sites excluding steroid dienone is 4. The van der Waals surface area contributed by atoms with Gasteiger partial charge in [-0.1, -0.05) is 103 Å². The Morgan fingerprint density at radius 1 is 0.578 bits per heavy atom. The molecule has 2 heteroatoms. The first kappa shape index (κ1) is 25.9. The molecule has 7 aromatic rings. The SMILES string of the molecule is Nc1ccc(-c2ccc3c(c2)-c2ccc(C4=CC(c5ccc6c(c5)c5ccccc5n6-c5ccccc5)CC=C4)cc2C3)cc1. The molecule has 1 atom stereocenters. The molecule has 1 unspecified atom stereocenters. The first-order chi connectivity index (χ1) is 22.2. The average Bonchev–Trinajstić information content (AvgIpc) is 3.63. The number of benzene rings is 6. The highest BCUT2D eigenvalue weighted by molar-refractivity contribution is 6.09.